The zero-order valence-electron chi connectivity index (χ0n) is 14.8. The first-order valence-electron chi connectivity index (χ1n) is 7.72. The number of nitrogens with zero attached hydrogens (tertiary/aromatic N) is 1. The van der Waals surface area contributed by atoms with Gasteiger partial charge in [0.2, 0.25) is 5.78 Å². The molecule has 0 heterocycles. The molecule has 0 bridgehead atoms. The Labute approximate surface area is 142 Å². The van der Waals surface area contributed by atoms with Crippen LogP contribution in [0.4, 0.5) is 10.1 Å². The molecule has 24 heavy (non-hydrogen) atoms. The number of carbonyl (C=O) groups is 2. The molecule has 0 N–H and O–H groups in total. The first kappa shape index (κ1) is 19.6. The number of allylic oxidation sites excluding steroid dienone is 3. The highest BCUT2D eigenvalue weighted by atomic mass is 19.1. The van der Waals surface area contributed by atoms with E-state index >= 15 is 0 Å². The van der Waals surface area contributed by atoms with Gasteiger partial charge in [0.1, 0.15) is 0 Å². The number of alkyl halides is 1. The molecule has 1 unspecified atom stereocenters. The molecule has 0 aliphatic carbocycles. The normalized spacial score (nSPS) is 14.3. The number of hydrogen-bond acceptors (Lipinski definition) is 4. The summed E-state index contributed by atoms with van der Waals surface area (Å²) in [5, 5.41) is 0. The third kappa shape index (κ3) is 5.65. The fraction of sp³-hybridized carbons (Fsp3) is 0.368. The van der Waals surface area contributed by atoms with Crippen molar-refractivity contribution in [2.24, 2.45) is 0 Å². The zero-order chi connectivity index (χ0) is 18.3. The lowest BCUT2D eigenvalue weighted by Crippen LogP contribution is -2.28. The van der Waals surface area contributed by atoms with Gasteiger partial charge in [-0.25, -0.2) is 9.18 Å². The smallest absolute Gasteiger partial charge is 0.330 e. The third-order valence-electron chi connectivity index (χ3n) is 3.36. The Morgan fingerprint density at radius 2 is 1.79 bits per heavy atom. The van der Waals surface area contributed by atoms with Crippen LogP contribution in [0.25, 0.3) is 0 Å². The molecule has 0 saturated heterocycles. The van der Waals surface area contributed by atoms with Gasteiger partial charge in [-0.1, -0.05) is 11.6 Å². The van der Waals surface area contributed by atoms with Gasteiger partial charge < -0.3 is 9.64 Å². The van der Waals surface area contributed by atoms with Gasteiger partial charge in [-0.15, -0.1) is 0 Å². The van der Waals surface area contributed by atoms with E-state index in [1.54, 1.807) is 38.1 Å². The molecule has 0 aromatic heterocycles. The molecule has 0 amide bonds. The number of anilines is 1. The van der Waals surface area contributed by atoms with E-state index in [1.165, 1.54) is 25.2 Å². The Morgan fingerprint density at radius 1 is 1.21 bits per heavy atom. The highest BCUT2D eigenvalue weighted by Gasteiger charge is 2.31. The van der Waals surface area contributed by atoms with Crippen LogP contribution in [0.2, 0.25) is 0 Å². The summed E-state index contributed by atoms with van der Waals surface area (Å²) in [5.41, 5.74) is -0.477. The molecule has 0 spiro atoms. The van der Waals surface area contributed by atoms with Gasteiger partial charge in [-0.05, 0) is 51.1 Å². The lowest BCUT2D eigenvalue weighted by atomic mass is 9.94. The SMILES string of the molecule is CCOC(=O)C=CC(C)=CC(C)(F)C(=O)c1ccc(N(C)C)cc1. The maximum Gasteiger partial charge on any atom is 0.330 e. The number of Topliss-reactive ketones (excluding diaryl/α,β-unsaturated/α-hetero) is 1. The van der Waals surface area contributed by atoms with Crippen LogP contribution < -0.4 is 4.90 Å². The number of halogens is 1. The molecule has 1 atom stereocenters. The van der Waals surface area contributed by atoms with Crippen LogP contribution in [-0.4, -0.2) is 38.1 Å². The van der Waals surface area contributed by atoms with Crippen molar-refractivity contribution >= 4 is 17.4 Å². The van der Waals surface area contributed by atoms with Crippen LogP contribution in [0.5, 0.6) is 0 Å². The van der Waals surface area contributed by atoms with Gasteiger partial charge >= 0.3 is 5.97 Å². The second-order valence-corrected chi connectivity index (χ2v) is 5.82. The molecule has 0 saturated carbocycles. The Kier molecular flexibility index (Phi) is 6.89. The van der Waals surface area contributed by atoms with Crippen LogP contribution in [0, 0.1) is 0 Å². The largest absolute Gasteiger partial charge is 0.463 e. The molecule has 0 radical (unpaired) electrons. The Hall–Kier alpha value is -2.43. The van der Waals surface area contributed by atoms with Crippen LogP contribution in [-0.2, 0) is 9.53 Å². The quantitative estimate of drug-likeness (QED) is 0.330. The second kappa shape index (κ2) is 8.43. The third-order valence-corrected chi connectivity index (χ3v) is 3.36. The minimum absolute atomic E-state index is 0.272. The lowest BCUT2D eigenvalue weighted by molar-refractivity contribution is -0.137. The summed E-state index contributed by atoms with van der Waals surface area (Å²) in [4.78, 5) is 25.5. The summed E-state index contributed by atoms with van der Waals surface area (Å²) >= 11 is 0. The minimum Gasteiger partial charge on any atom is -0.463 e. The van der Waals surface area contributed by atoms with Crippen LogP contribution in [0.1, 0.15) is 31.1 Å². The van der Waals surface area contributed by atoms with Gasteiger partial charge in [-0.2, -0.15) is 0 Å². The monoisotopic (exact) mass is 333 g/mol. The highest BCUT2D eigenvalue weighted by molar-refractivity contribution is 6.03. The zero-order valence-corrected chi connectivity index (χ0v) is 14.8. The molecule has 0 fully saturated rings. The number of esters is 1. The first-order chi connectivity index (χ1) is 11.2. The molecule has 0 aliphatic rings. The molecular formula is C19H24FNO3. The molecule has 130 valence electrons. The van der Waals surface area contributed by atoms with E-state index in [1.807, 2.05) is 19.0 Å². The second-order valence-electron chi connectivity index (χ2n) is 5.82. The lowest BCUT2D eigenvalue weighted by Gasteiger charge is -2.17. The highest BCUT2D eigenvalue weighted by Crippen LogP contribution is 2.23. The average Bonchev–Trinajstić information content (AvgIpc) is 2.52. The predicted octanol–water partition coefficient (Wildman–Crippen LogP) is 3.73. The fourth-order valence-corrected chi connectivity index (χ4v) is 2.12. The predicted molar refractivity (Wildman–Crippen MR) is 94.1 cm³/mol. The summed E-state index contributed by atoms with van der Waals surface area (Å²) in [6.07, 6.45) is 3.84. The van der Waals surface area contributed by atoms with Crippen molar-refractivity contribution in [3.05, 3.63) is 53.6 Å². The summed E-state index contributed by atoms with van der Waals surface area (Å²) in [6, 6.07) is 6.74. The van der Waals surface area contributed by atoms with Crippen LogP contribution in [0.3, 0.4) is 0 Å². The molecule has 4 nitrogen and oxygen atoms in total. The van der Waals surface area contributed by atoms with Gasteiger partial charge in [0.25, 0.3) is 0 Å². The Morgan fingerprint density at radius 3 is 2.29 bits per heavy atom. The van der Waals surface area contributed by atoms with E-state index in [9.17, 15) is 14.0 Å². The molecule has 1 aromatic rings. The standard InChI is InChI=1S/C19H24FNO3/c1-6-24-17(22)12-7-14(2)13-19(3,20)18(23)15-8-10-16(11-9-15)21(4)5/h7-13H,6H2,1-5H3. The number of benzene rings is 1. The van der Waals surface area contributed by atoms with Crippen LogP contribution in [0.15, 0.2) is 48.1 Å². The van der Waals surface area contributed by atoms with Crippen LogP contribution >= 0.6 is 0 Å². The average molecular weight is 333 g/mol. The molecule has 1 rings (SSSR count). The van der Waals surface area contributed by atoms with Crippen molar-refractivity contribution in [2.75, 3.05) is 25.6 Å². The van der Waals surface area contributed by atoms with Gasteiger partial charge in [0.05, 0.1) is 6.61 Å². The molecular weight excluding hydrogens is 309 g/mol. The molecule has 5 heteroatoms. The van der Waals surface area contributed by atoms with Gasteiger partial charge in [0, 0.05) is 31.4 Å². The van der Waals surface area contributed by atoms with Crippen molar-refractivity contribution in [2.45, 2.75) is 26.4 Å². The summed E-state index contributed by atoms with van der Waals surface area (Å²) < 4.78 is 19.5. The van der Waals surface area contributed by atoms with E-state index in [2.05, 4.69) is 0 Å². The van der Waals surface area contributed by atoms with E-state index in [0.717, 1.165) is 5.69 Å². The first-order valence-corrected chi connectivity index (χ1v) is 7.72. The van der Waals surface area contributed by atoms with Gasteiger partial charge in [-0.3, -0.25) is 4.79 Å². The van der Waals surface area contributed by atoms with Crippen molar-refractivity contribution in [1.82, 2.24) is 0 Å². The fourth-order valence-electron chi connectivity index (χ4n) is 2.12. The van der Waals surface area contributed by atoms with E-state index in [-0.39, 0.29) is 6.61 Å². The minimum atomic E-state index is -2.16. The Balaban J connectivity index is 2.91. The number of ketones is 1. The summed E-state index contributed by atoms with van der Waals surface area (Å²) in [7, 11) is 3.77. The maximum absolute atomic E-state index is 14.8. The van der Waals surface area contributed by atoms with Crippen molar-refractivity contribution in [1.29, 1.82) is 0 Å². The number of rotatable bonds is 7. The van der Waals surface area contributed by atoms with Gasteiger partial charge in [0.15, 0.2) is 5.67 Å². The Bertz CT molecular complexity index is 643. The molecule has 1 aromatic carbocycles. The number of hydrogen-bond donors (Lipinski definition) is 0. The number of ether oxygens (including phenoxy) is 1. The van der Waals surface area contributed by atoms with Crippen molar-refractivity contribution < 1.29 is 18.7 Å². The van der Waals surface area contributed by atoms with E-state index < -0.39 is 17.4 Å². The van der Waals surface area contributed by atoms with Crippen molar-refractivity contribution in [3.8, 4) is 0 Å². The van der Waals surface area contributed by atoms with Crippen molar-refractivity contribution in [3.63, 3.8) is 0 Å². The molecule has 0 aliphatic heterocycles. The summed E-state index contributed by atoms with van der Waals surface area (Å²) in [5.74, 6) is -1.13. The van der Waals surface area contributed by atoms with E-state index in [4.69, 9.17) is 4.74 Å². The maximum atomic E-state index is 14.8. The topological polar surface area (TPSA) is 46.6 Å². The number of carbonyl (C=O) groups excluding carboxylic acids is 2. The summed E-state index contributed by atoms with van der Waals surface area (Å²) in [6.45, 7) is 4.80. The van der Waals surface area contributed by atoms with E-state index in [0.29, 0.717) is 11.1 Å².